The normalized spacial score (nSPS) is 19.5. The standard InChI is InChI=1S/C20H30N2O2.ClH/c1-14(2)12-15-6-8-16(9-7-15)19(23)10-11-20(24)22-18-5-3-4-17(18)13-21;/h6-9,14,17-18H,3-5,10-13,21H2,1-2H3,(H,22,24);1H. The van der Waals surface area contributed by atoms with Gasteiger partial charge < -0.3 is 11.1 Å². The minimum Gasteiger partial charge on any atom is -0.353 e. The molecule has 1 saturated carbocycles. The maximum absolute atomic E-state index is 12.2. The quantitative estimate of drug-likeness (QED) is 0.691. The van der Waals surface area contributed by atoms with Gasteiger partial charge in [-0.15, -0.1) is 12.4 Å². The monoisotopic (exact) mass is 366 g/mol. The van der Waals surface area contributed by atoms with Gasteiger partial charge in [-0.2, -0.15) is 0 Å². The highest BCUT2D eigenvalue weighted by Gasteiger charge is 2.27. The van der Waals surface area contributed by atoms with Crippen LogP contribution in [-0.4, -0.2) is 24.3 Å². The van der Waals surface area contributed by atoms with E-state index in [2.05, 4.69) is 19.2 Å². The van der Waals surface area contributed by atoms with Crippen LogP contribution in [0.3, 0.4) is 0 Å². The Morgan fingerprint density at radius 2 is 1.84 bits per heavy atom. The predicted molar refractivity (Wildman–Crippen MR) is 104 cm³/mol. The molecule has 3 N–H and O–H groups in total. The fourth-order valence-electron chi connectivity index (χ4n) is 3.46. The molecule has 0 radical (unpaired) electrons. The molecular formula is C20H31ClN2O2. The number of carbonyl (C=O) groups is 2. The first-order valence-corrected chi connectivity index (χ1v) is 9.11. The van der Waals surface area contributed by atoms with Gasteiger partial charge in [0.25, 0.3) is 0 Å². The summed E-state index contributed by atoms with van der Waals surface area (Å²) in [5.74, 6) is 0.981. The first-order chi connectivity index (χ1) is 11.5. The minimum atomic E-state index is -0.0369. The van der Waals surface area contributed by atoms with E-state index in [0.717, 1.165) is 25.7 Å². The number of Topliss-reactive ketones (excluding diaryl/α,β-unsaturated/α-hetero) is 1. The molecule has 2 atom stereocenters. The van der Waals surface area contributed by atoms with E-state index in [4.69, 9.17) is 5.73 Å². The summed E-state index contributed by atoms with van der Waals surface area (Å²) in [7, 11) is 0. The van der Waals surface area contributed by atoms with Crippen molar-refractivity contribution in [1.82, 2.24) is 5.32 Å². The van der Waals surface area contributed by atoms with Gasteiger partial charge in [-0.1, -0.05) is 44.5 Å². The number of nitrogens with two attached hydrogens (primary N) is 1. The topological polar surface area (TPSA) is 72.2 Å². The predicted octanol–water partition coefficient (Wildman–Crippen LogP) is 3.51. The van der Waals surface area contributed by atoms with Gasteiger partial charge in [-0.05, 0) is 43.2 Å². The highest BCUT2D eigenvalue weighted by atomic mass is 35.5. The van der Waals surface area contributed by atoms with Crippen molar-refractivity contribution in [3.05, 3.63) is 35.4 Å². The van der Waals surface area contributed by atoms with Gasteiger partial charge in [0.15, 0.2) is 5.78 Å². The van der Waals surface area contributed by atoms with Gasteiger partial charge in [0.2, 0.25) is 5.91 Å². The van der Waals surface area contributed by atoms with Crippen molar-refractivity contribution in [2.75, 3.05) is 6.54 Å². The van der Waals surface area contributed by atoms with Gasteiger partial charge in [0, 0.05) is 24.4 Å². The van der Waals surface area contributed by atoms with Crippen LogP contribution in [0.1, 0.15) is 61.9 Å². The van der Waals surface area contributed by atoms with E-state index in [1.54, 1.807) is 0 Å². The molecule has 1 fully saturated rings. The SMILES string of the molecule is CC(C)Cc1ccc(C(=O)CCC(=O)NC2CCCC2CN)cc1.Cl. The van der Waals surface area contributed by atoms with Crippen LogP contribution in [0.25, 0.3) is 0 Å². The largest absolute Gasteiger partial charge is 0.353 e. The van der Waals surface area contributed by atoms with Gasteiger partial charge in [0.1, 0.15) is 0 Å². The molecular weight excluding hydrogens is 336 g/mol. The Balaban J connectivity index is 0.00000312. The molecule has 1 aromatic rings. The Kier molecular flexibility index (Phi) is 9.15. The smallest absolute Gasteiger partial charge is 0.220 e. The molecule has 0 spiro atoms. The van der Waals surface area contributed by atoms with Crippen LogP contribution in [0, 0.1) is 11.8 Å². The van der Waals surface area contributed by atoms with Crippen molar-refractivity contribution >= 4 is 24.1 Å². The Hall–Kier alpha value is -1.39. The average molecular weight is 367 g/mol. The molecule has 0 aromatic heterocycles. The molecule has 4 nitrogen and oxygen atoms in total. The van der Waals surface area contributed by atoms with Crippen molar-refractivity contribution in [1.29, 1.82) is 0 Å². The lowest BCUT2D eigenvalue weighted by molar-refractivity contribution is -0.122. The number of rotatable bonds is 8. The van der Waals surface area contributed by atoms with E-state index in [1.165, 1.54) is 5.56 Å². The van der Waals surface area contributed by atoms with Gasteiger partial charge in [-0.25, -0.2) is 0 Å². The number of amides is 1. The fourth-order valence-corrected chi connectivity index (χ4v) is 3.46. The molecule has 25 heavy (non-hydrogen) atoms. The number of ketones is 1. The summed E-state index contributed by atoms with van der Waals surface area (Å²) >= 11 is 0. The highest BCUT2D eigenvalue weighted by molar-refractivity contribution is 5.98. The molecule has 5 heteroatoms. The molecule has 0 aliphatic heterocycles. The average Bonchev–Trinajstić information content (AvgIpc) is 3.00. The summed E-state index contributed by atoms with van der Waals surface area (Å²) < 4.78 is 0. The van der Waals surface area contributed by atoms with Crippen LogP contribution in [0.15, 0.2) is 24.3 Å². The zero-order valence-corrected chi connectivity index (χ0v) is 16.1. The molecule has 1 aliphatic carbocycles. The summed E-state index contributed by atoms with van der Waals surface area (Å²) in [6.07, 6.45) is 4.73. The Labute approximate surface area is 157 Å². The third-order valence-electron chi connectivity index (χ3n) is 4.81. The number of halogens is 1. The Morgan fingerprint density at radius 3 is 2.44 bits per heavy atom. The molecule has 1 aromatic carbocycles. The molecule has 2 rings (SSSR count). The van der Waals surface area contributed by atoms with Crippen LogP contribution in [0.4, 0.5) is 0 Å². The summed E-state index contributed by atoms with van der Waals surface area (Å²) in [6.45, 7) is 4.97. The lowest BCUT2D eigenvalue weighted by atomic mass is 9.99. The molecule has 1 amide bonds. The van der Waals surface area contributed by atoms with Crippen molar-refractivity contribution in [2.45, 2.75) is 58.4 Å². The number of hydrogen-bond acceptors (Lipinski definition) is 3. The number of nitrogens with one attached hydrogen (secondary N) is 1. The minimum absolute atomic E-state index is 0. The van der Waals surface area contributed by atoms with Crippen LogP contribution >= 0.6 is 12.4 Å². The third-order valence-corrected chi connectivity index (χ3v) is 4.81. The van der Waals surface area contributed by atoms with Crippen molar-refractivity contribution in [3.8, 4) is 0 Å². The van der Waals surface area contributed by atoms with Gasteiger partial charge in [0.05, 0.1) is 0 Å². The van der Waals surface area contributed by atoms with E-state index in [9.17, 15) is 9.59 Å². The number of hydrogen-bond donors (Lipinski definition) is 2. The molecule has 2 unspecified atom stereocenters. The summed E-state index contributed by atoms with van der Waals surface area (Å²) in [6, 6.07) is 7.96. The summed E-state index contributed by atoms with van der Waals surface area (Å²) in [5.41, 5.74) is 7.67. The van der Waals surface area contributed by atoms with E-state index in [1.807, 2.05) is 24.3 Å². The molecule has 0 heterocycles. The second kappa shape index (κ2) is 10.6. The maximum atomic E-state index is 12.2. The molecule has 0 bridgehead atoms. The van der Waals surface area contributed by atoms with E-state index in [0.29, 0.717) is 23.9 Å². The van der Waals surface area contributed by atoms with E-state index in [-0.39, 0.29) is 43.0 Å². The molecule has 140 valence electrons. The first kappa shape index (κ1) is 21.7. The number of carbonyl (C=O) groups excluding carboxylic acids is 2. The van der Waals surface area contributed by atoms with Crippen LogP contribution in [-0.2, 0) is 11.2 Å². The van der Waals surface area contributed by atoms with Crippen molar-refractivity contribution in [2.24, 2.45) is 17.6 Å². The van der Waals surface area contributed by atoms with E-state index >= 15 is 0 Å². The van der Waals surface area contributed by atoms with Crippen LogP contribution in [0.5, 0.6) is 0 Å². The summed E-state index contributed by atoms with van der Waals surface area (Å²) in [4.78, 5) is 24.3. The lowest BCUT2D eigenvalue weighted by Gasteiger charge is -2.19. The van der Waals surface area contributed by atoms with Crippen LogP contribution in [0.2, 0.25) is 0 Å². The maximum Gasteiger partial charge on any atom is 0.220 e. The zero-order chi connectivity index (χ0) is 17.5. The fraction of sp³-hybridized carbons (Fsp3) is 0.600. The Morgan fingerprint density at radius 1 is 1.16 bits per heavy atom. The van der Waals surface area contributed by atoms with E-state index < -0.39 is 0 Å². The first-order valence-electron chi connectivity index (χ1n) is 9.11. The Bertz CT molecular complexity index is 557. The zero-order valence-electron chi connectivity index (χ0n) is 15.3. The second-order valence-electron chi connectivity index (χ2n) is 7.32. The summed E-state index contributed by atoms with van der Waals surface area (Å²) in [5, 5.41) is 3.05. The molecule has 1 aliphatic rings. The van der Waals surface area contributed by atoms with Crippen molar-refractivity contribution < 1.29 is 9.59 Å². The third kappa shape index (κ3) is 6.79. The molecule has 0 saturated heterocycles. The van der Waals surface area contributed by atoms with Gasteiger partial charge >= 0.3 is 0 Å². The van der Waals surface area contributed by atoms with Crippen LogP contribution < -0.4 is 11.1 Å². The second-order valence-corrected chi connectivity index (χ2v) is 7.32. The van der Waals surface area contributed by atoms with Gasteiger partial charge in [-0.3, -0.25) is 9.59 Å². The van der Waals surface area contributed by atoms with Crippen molar-refractivity contribution in [3.63, 3.8) is 0 Å². The number of benzene rings is 1. The highest BCUT2D eigenvalue weighted by Crippen LogP contribution is 2.24. The lowest BCUT2D eigenvalue weighted by Crippen LogP contribution is -2.39.